The molecule has 0 atom stereocenters. The number of urea groups is 1. The lowest BCUT2D eigenvalue weighted by Gasteiger charge is -2.10. The third-order valence-electron chi connectivity index (χ3n) is 4.93. The number of halogens is 2. The summed E-state index contributed by atoms with van der Waals surface area (Å²) in [5.41, 5.74) is 1.65. The second kappa shape index (κ2) is 10.1. The smallest absolute Gasteiger partial charge is 0.373 e. The number of methoxy groups -OCH3 is 1. The van der Waals surface area contributed by atoms with Crippen molar-refractivity contribution in [3.63, 3.8) is 0 Å². The molecule has 34 heavy (non-hydrogen) atoms. The van der Waals surface area contributed by atoms with Crippen molar-refractivity contribution in [2.24, 2.45) is 0 Å². The van der Waals surface area contributed by atoms with E-state index >= 15 is 0 Å². The highest BCUT2D eigenvalue weighted by Crippen LogP contribution is 2.29. The molecule has 1 aliphatic heterocycles. The van der Waals surface area contributed by atoms with Crippen LogP contribution in [0.15, 0.2) is 69.2 Å². The zero-order valence-electron chi connectivity index (χ0n) is 17.8. The third-order valence-corrected chi connectivity index (χ3v) is 5.92. The van der Waals surface area contributed by atoms with Crippen LogP contribution in [0.25, 0.3) is 6.08 Å². The molecule has 174 valence electrons. The molecule has 3 amide bonds. The maximum atomic E-state index is 12.8. The van der Waals surface area contributed by atoms with Gasteiger partial charge in [0.2, 0.25) is 5.76 Å². The fourth-order valence-electron chi connectivity index (χ4n) is 3.21. The highest BCUT2D eigenvalue weighted by molar-refractivity contribution is 9.10. The molecule has 0 unspecified atom stereocenters. The average molecular weight is 546 g/mol. The molecule has 1 aliphatic rings. The van der Waals surface area contributed by atoms with Gasteiger partial charge >= 0.3 is 12.0 Å². The van der Waals surface area contributed by atoms with E-state index in [9.17, 15) is 14.4 Å². The Labute approximate surface area is 208 Å². The zero-order chi connectivity index (χ0) is 24.2. The van der Waals surface area contributed by atoms with Gasteiger partial charge in [-0.2, -0.15) is 0 Å². The Morgan fingerprint density at radius 3 is 2.71 bits per heavy atom. The molecule has 0 spiro atoms. The molecule has 0 bridgehead atoms. The molecule has 4 rings (SSSR count). The lowest BCUT2D eigenvalue weighted by molar-refractivity contribution is -0.123. The van der Waals surface area contributed by atoms with Crippen molar-refractivity contribution in [3.8, 4) is 5.75 Å². The minimum Gasteiger partial charge on any atom is -0.488 e. The van der Waals surface area contributed by atoms with Crippen LogP contribution in [-0.4, -0.2) is 29.9 Å². The number of carbonyl (C=O) groups is 3. The molecule has 3 aromatic rings. The van der Waals surface area contributed by atoms with E-state index in [0.717, 1.165) is 10.5 Å². The van der Waals surface area contributed by atoms with Crippen molar-refractivity contribution in [3.05, 3.63) is 92.4 Å². The first kappa shape index (κ1) is 23.6. The van der Waals surface area contributed by atoms with Crippen LogP contribution in [0, 0.1) is 0 Å². The quantitative estimate of drug-likeness (QED) is 0.250. The van der Waals surface area contributed by atoms with Crippen molar-refractivity contribution in [2.75, 3.05) is 7.11 Å². The summed E-state index contributed by atoms with van der Waals surface area (Å²) in [6.07, 6.45) is 1.56. The number of carbonyl (C=O) groups excluding carboxylic acids is 3. The third kappa shape index (κ3) is 5.16. The number of furan rings is 1. The van der Waals surface area contributed by atoms with Crippen LogP contribution in [0.5, 0.6) is 5.75 Å². The minimum absolute atomic E-state index is 0.0120. The molecule has 0 radical (unpaired) electrons. The molecule has 1 aromatic heterocycles. The fourth-order valence-corrected chi connectivity index (χ4v) is 3.91. The monoisotopic (exact) mass is 544 g/mol. The fraction of sp³-hybridized carbons (Fsp3) is 0.125. The van der Waals surface area contributed by atoms with Crippen molar-refractivity contribution >= 4 is 51.5 Å². The van der Waals surface area contributed by atoms with Crippen LogP contribution in [0.1, 0.15) is 27.4 Å². The molecule has 0 aliphatic carbocycles. The van der Waals surface area contributed by atoms with Gasteiger partial charge < -0.3 is 19.2 Å². The van der Waals surface area contributed by atoms with Crippen molar-refractivity contribution < 1.29 is 28.3 Å². The van der Waals surface area contributed by atoms with Crippen LogP contribution in [0.3, 0.4) is 0 Å². The van der Waals surface area contributed by atoms with Crippen LogP contribution in [0.4, 0.5) is 4.79 Å². The highest BCUT2D eigenvalue weighted by atomic mass is 79.9. The summed E-state index contributed by atoms with van der Waals surface area (Å²) in [5, 5.41) is 3.18. The molecule has 2 aromatic carbocycles. The van der Waals surface area contributed by atoms with Gasteiger partial charge in [-0.05, 0) is 57.9 Å². The van der Waals surface area contributed by atoms with Gasteiger partial charge in [-0.15, -0.1) is 0 Å². The number of esters is 1. The predicted octanol–water partition coefficient (Wildman–Crippen LogP) is 5.15. The molecule has 1 saturated heterocycles. The Kier molecular flexibility index (Phi) is 7.04. The first-order valence-corrected chi connectivity index (χ1v) is 11.2. The SMILES string of the molecule is COC(=O)c1ccc(CN2C(=O)N/C(=C\c3ccc(OCc4ccccc4Cl)c(Br)c3)C2=O)o1. The van der Waals surface area contributed by atoms with Gasteiger partial charge in [-0.3, -0.25) is 9.69 Å². The summed E-state index contributed by atoms with van der Waals surface area (Å²) < 4.78 is 16.4. The molecule has 1 N–H and O–H groups in total. The van der Waals surface area contributed by atoms with Gasteiger partial charge in [-0.25, -0.2) is 9.59 Å². The first-order chi connectivity index (χ1) is 16.4. The van der Waals surface area contributed by atoms with Gasteiger partial charge in [0.05, 0.1) is 18.1 Å². The van der Waals surface area contributed by atoms with E-state index < -0.39 is 17.9 Å². The van der Waals surface area contributed by atoms with Crippen molar-refractivity contribution in [1.29, 1.82) is 0 Å². The molecule has 8 nitrogen and oxygen atoms in total. The number of nitrogens with one attached hydrogen (secondary N) is 1. The largest absolute Gasteiger partial charge is 0.488 e. The summed E-state index contributed by atoms with van der Waals surface area (Å²) >= 11 is 9.64. The molecular weight excluding hydrogens is 528 g/mol. The van der Waals surface area contributed by atoms with Gasteiger partial charge in [-0.1, -0.05) is 35.9 Å². The predicted molar refractivity (Wildman–Crippen MR) is 127 cm³/mol. The number of ether oxygens (including phenoxy) is 2. The van der Waals surface area contributed by atoms with E-state index in [4.69, 9.17) is 20.8 Å². The number of amides is 3. The Balaban J connectivity index is 1.44. The van der Waals surface area contributed by atoms with E-state index in [2.05, 4.69) is 26.0 Å². The van der Waals surface area contributed by atoms with Gasteiger partial charge in [0.1, 0.15) is 23.8 Å². The minimum atomic E-state index is -0.645. The van der Waals surface area contributed by atoms with E-state index in [0.29, 0.717) is 27.4 Å². The number of hydrogen-bond donors (Lipinski definition) is 1. The van der Waals surface area contributed by atoms with Crippen LogP contribution in [-0.2, 0) is 22.7 Å². The van der Waals surface area contributed by atoms with E-state index in [1.54, 1.807) is 30.3 Å². The molecule has 1 fully saturated rings. The van der Waals surface area contributed by atoms with E-state index in [1.165, 1.54) is 19.2 Å². The molecule has 10 heteroatoms. The zero-order valence-corrected chi connectivity index (χ0v) is 20.2. The standard InChI is InChI=1S/C24H18BrClN2O6/c1-32-23(30)21-9-7-16(34-21)12-28-22(29)19(27-24(28)31)11-14-6-8-20(17(25)10-14)33-13-15-4-2-3-5-18(15)26/h2-11H,12-13H2,1H3,(H,27,31)/b19-11-. The number of imide groups is 1. The lowest BCUT2D eigenvalue weighted by atomic mass is 10.2. The van der Waals surface area contributed by atoms with Gasteiger partial charge in [0.25, 0.3) is 5.91 Å². The van der Waals surface area contributed by atoms with Crippen LogP contribution in [0.2, 0.25) is 5.02 Å². The lowest BCUT2D eigenvalue weighted by Crippen LogP contribution is -2.30. The summed E-state index contributed by atoms with van der Waals surface area (Å²) in [6, 6.07) is 15.0. The van der Waals surface area contributed by atoms with Crippen molar-refractivity contribution in [1.82, 2.24) is 10.2 Å². The average Bonchev–Trinajstić information content (AvgIpc) is 3.39. The second-order valence-corrected chi connectivity index (χ2v) is 8.47. The van der Waals surface area contributed by atoms with Gasteiger partial charge in [0.15, 0.2) is 0 Å². The number of hydrogen-bond acceptors (Lipinski definition) is 6. The summed E-state index contributed by atoms with van der Waals surface area (Å²) in [5.74, 6) is -0.301. The second-order valence-electron chi connectivity index (χ2n) is 7.21. The maximum absolute atomic E-state index is 12.8. The van der Waals surface area contributed by atoms with Crippen molar-refractivity contribution in [2.45, 2.75) is 13.2 Å². The number of rotatable bonds is 7. The van der Waals surface area contributed by atoms with Gasteiger partial charge in [0, 0.05) is 10.6 Å². The summed E-state index contributed by atoms with van der Waals surface area (Å²) in [4.78, 5) is 37.6. The Morgan fingerprint density at radius 1 is 1.18 bits per heavy atom. The number of benzene rings is 2. The number of nitrogens with zero attached hydrogens (tertiary/aromatic N) is 1. The Hall–Kier alpha value is -3.56. The van der Waals surface area contributed by atoms with Crippen LogP contribution < -0.4 is 10.1 Å². The molecular formula is C24H18BrClN2O6. The molecule has 2 heterocycles. The maximum Gasteiger partial charge on any atom is 0.373 e. The highest BCUT2D eigenvalue weighted by Gasteiger charge is 2.34. The van der Waals surface area contributed by atoms with E-state index in [-0.39, 0.29) is 23.8 Å². The summed E-state index contributed by atoms with van der Waals surface area (Å²) in [7, 11) is 1.23. The topological polar surface area (TPSA) is 98.1 Å². The van der Waals surface area contributed by atoms with E-state index in [1.807, 2.05) is 18.2 Å². The Morgan fingerprint density at radius 2 is 1.97 bits per heavy atom. The Bertz CT molecular complexity index is 1300. The normalized spacial score (nSPS) is 14.4. The molecule has 0 saturated carbocycles. The van der Waals surface area contributed by atoms with Crippen LogP contribution >= 0.6 is 27.5 Å². The summed E-state index contributed by atoms with van der Waals surface area (Å²) in [6.45, 7) is 0.171. The first-order valence-electron chi connectivity index (χ1n) is 10.0.